The number of halogens is 2. The Balaban J connectivity index is 1.73. The van der Waals surface area contributed by atoms with Gasteiger partial charge in [-0.05, 0) is 6.08 Å². The summed E-state index contributed by atoms with van der Waals surface area (Å²) in [5.41, 5.74) is 0.105. The highest BCUT2D eigenvalue weighted by Gasteiger charge is 2.34. The minimum atomic E-state index is -0.735. The van der Waals surface area contributed by atoms with E-state index in [1.54, 1.807) is 0 Å². The Morgan fingerprint density at radius 2 is 2.19 bits per heavy atom. The summed E-state index contributed by atoms with van der Waals surface area (Å²) in [6.07, 6.45) is 2.32. The number of hydrogen-bond donors (Lipinski definition) is 1. The molecule has 2 heterocycles. The van der Waals surface area contributed by atoms with Crippen molar-refractivity contribution in [1.82, 2.24) is 15.2 Å². The number of carbonyl (C=O) groups is 2. The molecule has 2 amide bonds. The van der Waals surface area contributed by atoms with Crippen molar-refractivity contribution in [2.75, 3.05) is 19.6 Å². The third-order valence-corrected chi connectivity index (χ3v) is 3.28. The predicted molar refractivity (Wildman–Crippen MR) is 71.1 cm³/mol. The highest BCUT2D eigenvalue weighted by molar-refractivity contribution is 5.90. The summed E-state index contributed by atoms with van der Waals surface area (Å²) in [7, 11) is 0. The molecule has 1 aromatic rings. The van der Waals surface area contributed by atoms with Crippen molar-refractivity contribution in [2.45, 2.75) is 6.42 Å². The molecule has 5 nitrogen and oxygen atoms in total. The van der Waals surface area contributed by atoms with Gasteiger partial charge in [-0.25, -0.2) is 8.78 Å². The van der Waals surface area contributed by atoms with Gasteiger partial charge in [0.2, 0.25) is 11.8 Å². The highest BCUT2D eigenvalue weighted by Crippen LogP contribution is 2.15. The molecule has 1 N–H and O–H groups in total. The third-order valence-electron chi connectivity index (χ3n) is 3.28. The molecule has 0 bridgehead atoms. The van der Waals surface area contributed by atoms with Crippen molar-refractivity contribution >= 4 is 11.8 Å². The zero-order chi connectivity index (χ0) is 15.4. The molecule has 1 aromatic heterocycles. The average molecular weight is 295 g/mol. The molecule has 21 heavy (non-hydrogen) atoms. The maximum Gasteiger partial charge on any atom is 0.246 e. The Morgan fingerprint density at radius 3 is 2.81 bits per heavy atom. The molecule has 0 saturated carbocycles. The maximum atomic E-state index is 13.3. The van der Waals surface area contributed by atoms with Crippen LogP contribution in [0.15, 0.2) is 24.9 Å². The Kier molecular flexibility index (Phi) is 4.62. The first kappa shape index (κ1) is 15.1. The summed E-state index contributed by atoms with van der Waals surface area (Å²) < 4.78 is 26.0. The van der Waals surface area contributed by atoms with Gasteiger partial charge in [0, 0.05) is 32.1 Å². The first-order valence-corrected chi connectivity index (χ1v) is 6.50. The summed E-state index contributed by atoms with van der Waals surface area (Å²) >= 11 is 0. The van der Waals surface area contributed by atoms with Gasteiger partial charge < -0.3 is 10.2 Å². The first-order valence-electron chi connectivity index (χ1n) is 6.50. The van der Waals surface area contributed by atoms with E-state index in [-0.39, 0.29) is 36.4 Å². The van der Waals surface area contributed by atoms with Crippen LogP contribution in [0.25, 0.3) is 0 Å². The molecule has 1 aliphatic heterocycles. The number of likely N-dealkylation sites (tertiary alicyclic amines) is 1. The summed E-state index contributed by atoms with van der Waals surface area (Å²) in [6.45, 7) is 4.30. The van der Waals surface area contributed by atoms with Gasteiger partial charge in [0.15, 0.2) is 0 Å². The molecule has 0 aromatic carbocycles. The fourth-order valence-electron chi connectivity index (χ4n) is 2.03. The normalized spacial score (nSPS) is 14.5. The van der Waals surface area contributed by atoms with Crippen LogP contribution in [0.2, 0.25) is 0 Å². The quantitative estimate of drug-likeness (QED) is 0.812. The number of hydrogen-bond acceptors (Lipinski definition) is 3. The van der Waals surface area contributed by atoms with Crippen molar-refractivity contribution in [3.63, 3.8) is 0 Å². The summed E-state index contributed by atoms with van der Waals surface area (Å²) in [4.78, 5) is 28.1. The van der Waals surface area contributed by atoms with Crippen LogP contribution in [0.5, 0.6) is 0 Å². The van der Waals surface area contributed by atoms with Gasteiger partial charge in [0.1, 0.15) is 11.6 Å². The smallest absolute Gasteiger partial charge is 0.246 e. The van der Waals surface area contributed by atoms with Crippen molar-refractivity contribution < 1.29 is 18.4 Å². The van der Waals surface area contributed by atoms with E-state index in [9.17, 15) is 18.4 Å². The van der Waals surface area contributed by atoms with E-state index in [1.165, 1.54) is 11.0 Å². The number of aromatic nitrogens is 1. The minimum absolute atomic E-state index is 0.105. The zero-order valence-corrected chi connectivity index (χ0v) is 11.3. The lowest BCUT2D eigenvalue weighted by molar-refractivity contribution is -0.139. The molecule has 1 aliphatic rings. The average Bonchev–Trinajstić information content (AvgIpc) is 2.39. The highest BCUT2D eigenvalue weighted by atomic mass is 19.1. The number of carbonyl (C=O) groups excluding carboxylic acids is 2. The second-order valence-electron chi connectivity index (χ2n) is 4.77. The van der Waals surface area contributed by atoms with Crippen LogP contribution in [0, 0.1) is 17.6 Å². The minimum Gasteiger partial charge on any atom is -0.355 e. The molecule has 1 fully saturated rings. The van der Waals surface area contributed by atoms with Crippen molar-refractivity contribution in [1.29, 1.82) is 0 Å². The molecular formula is C14H15F2N3O2. The van der Waals surface area contributed by atoms with Crippen LogP contribution in [0.4, 0.5) is 8.78 Å². The number of nitrogens with zero attached hydrogens (tertiary/aromatic N) is 2. The van der Waals surface area contributed by atoms with E-state index < -0.39 is 11.6 Å². The Hall–Kier alpha value is -2.31. The SMILES string of the molecule is C=CC(=O)N1CC(C(=O)NCCc2ncc(F)cc2F)C1. The van der Waals surface area contributed by atoms with Gasteiger partial charge >= 0.3 is 0 Å². The van der Waals surface area contributed by atoms with E-state index in [0.29, 0.717) is 13.1 Å². The molecule has 2 rings (SSSR count). The molecule has 0 spiro atoms. The zero-order valence-electron chi connectivity index (χ0n) is 11.3. The second kappa shape index (κ2) is 6.43. The molecular weight excluding hydrogens is 280 g/mol. The van der Waals surface area contributed by atoms with Crippen molar-refractivity contribution in [3.8, 4) is 0 Å². The van der Waals surface area contributed by atoms with Crippen LogP contribution in [-0.4, -0.2) is 41.3 Å². The molecule has 7 heteroatoms. The van der Waals surface area contributed by atoms with Gasteiger partial charge in [-0.3, -0.25) is 14.6 Å². The number of amides is 2. The Labute approximate surface area is 120 Å². The fourth-order valence-corrected chi connectivity index (χ4v) is 2.03. The molecule has 0 atom stereocenters. The molecule has 112 valence electrons. The first-order chi connectivity index (χ1) is 10.0. The van der Waals surface area contributed by atoms with Crippen LogP contribution < -0.4 is 5.32 Å². The second-order valence-corrected chi connectivity index (χ2v) is 4.77. The van der Waals surface area contributed by atoms with Gasteiger partial charge in [0.25, 0.3) is 0 Å². The maximum absolute atomic E-state index is 13.3. The largest absolute Gasteiger partial charge is 0.355 e. The standard InChI is InChI=1S/C14H15F2N3O2/c1-2-13(20)19-7-9(8-19)14(21)17-4-3-12-11(16)5-10(15)6-18-12/h2,5-6,9H,1,3-4,7-8H2,(H,17,21). The van der Waals surface area contributed by atoms with E-state index in [0.717, 1.165) is 12.3 Å². The topological polar surface area (TPSA) is 62.3 Å². The summed E-state index contributed by atoms with van der Waals surface area (Å²) in [6, 6.07) is 0.759. The van der Waals surface area contributed by atoms with E-state index in [4.69, 9.17) is 0 Å². The van der Waals surface area contributed by atoms with Gasteiger partial charge in [-0.1, -0.05) is 6.58 Å². The van der Waals surface area contributed by atoms with Gasteiger partial charge in [-0.15, -0.1) is 0 Å². The number of nitrogens with one attached hydrogen (secondary N) is 1. The van der Waals surface area contributed by atoms with Gasteiger partial charge in [-0.2, -0.15) is 0 Å². The van der Waals surface area contributed by atoms with Crippen LogP contribution in [-0.2, 0) is 16.0 Å². The number of rotatable bonds is 5. The lowest BCUT2D eigenvalue weighted by atomic mass is 9.99. The Morgan fingerprint density at radius 1 is 1.48 bits per heavy atom. The molecule has 1 saturated heterocycles. The molecule has 0 radical (unpaired) electrons. The van der Waals surface area contributed by atoms with Gasteiger partial charge in [0.05, 0.1) is 17.8 Å². The monoisotopic (exact) mass is 295 g/mol. The fraction of sp³-hybridized carbons (Fsp3) is 0.357. The van der Waals surface area contributed by atoms with E-state index in [2.05, 4.69) is 16.9 Å². The lowest BCUT2D eigenvalue weighted by Gasteiger charge is -2.37. The lowest BCUT2D eigenvalue weighted by Crippen LogP contribution is -2.55. The van der Waals surface area contributed by atoms with E-state index >= 15 is 0 Å². The summed E-state index contributed by atoms with van der Waals surface area (Å²) in [5, 5.41) is 2.65. The van der Waals surface area contributed by atoms with Crippen LogP contribution in [0.3, 0.4) is 0 Å². The van der Waals surface area contributed by atoms with E-state index in [1.807, 2.05) is 0 Å². The Bertz CT molecular complexity index is 571. The number of pyridine rings is 1. The molecule has 0 unspecified atom stereocenters. The predicted octanol–water partition coefficient (Wildman–Crippen LogP) is 0.663. The van der Waals surface area contributed by atoms with Crippen molar-refractivity contribution in [3.05, 3.63) is 42.2 Å². The molecule has 0 aliphatic carbocycles. The van der Waals surface area contributed by atoms with Crippen LogP contribution >= 0.6 is 0 Å². The third kappa shape index (κ3) is 3.62. The van der Waals surface area contributed by atoms with Crippen LogP contribution in [0.1, 0.15) is 5.69 Å². The van der Waals surface area contributed by atoms with Crippen molar-refractivity contribution in [2.24, 2.45) is 5.92 Å². The summed E-state index contributed by atoms with van der Waals surface area (Å²) in [5.74, 6) is -2.10.